The van der Waals surface area contributed by atoms with E-state index in [9.17, 15) is 14.7 Å². The van der Waals surface area contributed by atoms with E-state index < -0.39 is 0 Å². The molecule has 0 aliphatic carbocycles. The van der Waals surface area contributed by atoms with Gasteiger partial charge in [-0.3, -0.25) is 14.7 Å². The fraction of sp³-hybridized carbons (Fsp3) is 0.318. The molecule has 0 radical (unpaired) electrons. The summed E-state index contributed by atoms with van der Waals surface area (Å²) < 4.78 is 5.16. The van der Waals surface area contributed by atoms with E-state index in [0.29, 0.717) is 43.9 Å². The molecule has 1 aliphatic rings. The van der Waals surface area contributed by atoms with Crippen LogP contribution >= 0.6 is 0 Å². The highest BCUT2D eigenvalue weighted by molar-refractivity contribution is 6.01. The zero-order valence-corrected chi connectivity index (χ0v) is 17.5. The number of hydrogen-bond donors (Lipinski definition) is 4. The Morgan fingerprint density at radius 3 is 2.77 bits per heavy atom. The number of nitrogens with one attached hydrogen (secondary N) is 3. The first-order valence-corrected chi connectivity index (χ1v) is 10.0. The van der Waals surface area contributed by atoms with Crippen molar-refractivity contribution in [1.29, 1.82) is 0 Å². The summed E-state index contributed by atoms with van der Waals surface area (Å²) >= 11 is 0. The summed E-state index contributed by atoms with van der Waals surface area (Å²) in [5.41, 5.74) is 4.01. The van der Waals surface area contributed by atoms with Crippen LogP contribution in [0.2, 0.25) is 0 Å². The van der Waals surface area contributed by atoms with Gasteiger partial charge in [0.25, 0.3) is 11.8 Å². The number of phenols is 1. The molecule has 1 aliphatic heterocycles. The number of benzene rings is 2. The first kappa shape index (κ1) is 20.8. The van der Waals surface area contributed by atoms with Crippen LogP contribution in [0.3, 0.4) is 0 Å². The first-order valence-electron chi connectivity index (χ1n) is 10.0. The maximum Gasteiger partial charge on any atom is 0.258 e. The number of aromatic amines is 1. The highest BCUT2D eigenvalue weighted by atomic mass is 16.5. The molecule has 0 bridgehead atoms. The average molecular weight is 423 g/mol. The van der Waals surface area contributed by atoms with Crippen molar-refractivity contribution in [3.8, 4) is 5.75 Å². The van der Waals surface area contributed by atoms with Crippen LogP contribution in [0.15, 0.2) is 30.3 Å². The molecule has 1 aromatic heterocycles. The number of likely N-dealkylation sites (N-methyl/N-ethyl adjacent to an activating group) is 1. The van der Waals surface area contributed by atoms with Crippen molar-refractivity contribution in [2.75, 3.05) is 27.2 Å². The quantitative estimate of drug-likeness (QED) is 0.428. The molecular weight excluding hydrogens is 398 g/mol. The monoisotopic (exact) mass is 423 g/mol. The van der Waals surface area contributed by atoms with Crippen molar-refractivity contribution in [3.63, 3.8) is 0 Å². The second kappa shape index (κ2) is 8.75. The van der Waals surface area contributed by atoms with Crippen LogP contribution in [0.5, 0.6) is 5.75 Å². The fourth-order valence-corrected chi connectivity index (χ4v) is 3.78. The van der Waals surface area contributed by atoms with Crippen LogP contribution in [0.25, 0.3) is 10.9 Å². The molecule has 9 heteroatoms. The van der Waals surface area contributed by atoms with Gasteiger partial charge in [0.1, 0.15) is 5.75 Å². The molecule has 0 spiro atoms. The number of methoxy groups -OCH3 is 1. The number of hydrogen-bond acceptors (Lipinski definition) is 6. The summed E-state index contributed by atoms with van der Waals surface area (Å²) in [4.78, 5) is 27.2. The minimum absolute atomic E-state index is 0.117. The summed E-state index contributed by atoms with van der Waals surface area (Å²) in [5, 5.41) is 24.0. The Hall–Kier alpha value is -3.43. The molecule has 0 unspecified atom stereocenters. The van der Waals surface area contributed by atoms with Crippen molar-refractivity contribution < 1.29 is 19.4 Å². The number of rotatable bonds is 7. The lowest BCUT2D eigenvalue weighted by Gasteiger charge is -2.16. The smallest absolute Gasteiger partial charge is 0.258 e. The summed E-state index contributed by atoms with van der Waals surface area (Å²) in [7, 11) is 3.41. The first-order chi connectivity index (χ1) is 15.0. The van der Waals surface area contributed by atoms with Gasteiger partial charge >= 0.3 is 0 Å². The number of aromatic hydroxyl groups is 1. The van der Waals surface area contributed by atoms with Crippen LogP contribution in [-0.2, 0) is 24.4 Å². The molecule has 2 aromatic carbocycles. The summed E-state index contributed by atoms with van der Waals surface area (Å²) in [6.45, 7) is 2.35. The SMILES string of the molecule is CNCCNC(=O)c1ccc2c(c1)CN(C(=O)c1cc3c(COC)[nH]nc3cc1O)C2. The maximum atomic E-state index is 13.2. The maximum absolute atomic E-state index is 13.2. The van der Waals surface area contributed by atoms with E-state index >= 15 is 0 Å². The molecule has 0 fully saturated rings. The highest BCUT2D eigenvalue weighted by Crippen LogP contribution is 2.31. The van der Waals surface area contributed by atoms with Crippen molar-refractivity contribution in [3.05, 3.63) is 58.3 Å². The fourth-order valence-electron chi connectivity index (χ4n) is 3.78. The Balaban J connectivity index is 1.54. The number of fused-ring (bicyclic) bond motifs is 2. The van der Waals surface area contributed by atoms with E-state index in [1.807, 2.05) is 19.2 Å². The van der Waals surface area contributed by atoms with Crippen LogP contribution in [0.1, 0.15) is 37.5 Å². The van der Waals surface area contributed by atoms with Crippen molar-refractivity contribution in [2.24, 2.45) is 0 Å². The van der Waals surface area contributed by atoms with E-state index in [1.165, 1.54) is 6.07 Å². The van der Waals surface area contributed by atoms with Gasteiger partial charge < -0.3 is 25.4 Å². The zero-order valence-electron chi connectivity index (χ0n) is 17.5. The van der Waals surface area contributed by atoms with E-state index in [0.717, 1.165) is 22.2 Å². The molecule has 31 heavy (non-hydrogen) atoms. The van der Waals surface area contributed by atoms with Gasteiger partial charge in [-0.1, -0.05) is 6.07 Å². The third kappa shape index (κ3) is 4.10. The molecule has 2 amide bonds. The number of carbonyl (C=O) groups excluding carboxylic acids is 2. The summed E-state index contributed by atoms with van der Waals surface area (Å²) in [6, 6.07) is 8.61. The van der Waals surface area contributed by atoms with Gasteiger partial charge in [0.2, 0.25) is 0 Å². The molecule has 2 heterocycles. The van der Waals surface area contributed by atoms with Gasteiger partial charge in [-0.2, -0.15) is 5.10 Å². The minimum Gasteiger partial charge on any atom is -0.507 e. The molecule has 162 valence electrons. The lowest BCUT2D eigenvalue weighted by Crippen LogP contribution is -2.30. The molecular formula is C22H25N5O4. The van der Waals surface area contributed by atoms with Gasteiger partial charge in [0, 0.05) is 50.3 Å². The molecule has 4 rings (SSSR count). The molecule has 0 saturated heterocycles. The number of nitrogens with zero attached hydrogens (tertiary/aromatic N) is 2. The Bertz CT molecular complexity index is 1140. The number of phenolic OH excluding ortho intramolecular Hbond substituents is 1. The molecule has 0 saturated carbocycles. The third-order valence-electron chi connectivity index (χ3n) is 5.41. The van der Waals surface area contributed by atoms with E-state index in [-0.39, 0.29) is 23.1 Å². The zero-order chi connectivity index (χ0) is 22.0. The highest BCUT2D eigenvalue weighted by Gasteiger charge is 2.27. The predicted octanol–water partition coefficient (Wildman–Crippen LogP) is 1.52. The van der Waals surface area contributed by atoms with Crippen LogP contribution < -0.4 is 10.6 Å². The Morgan fingerprint density at radius 1 is 1.19 bits per heavy atom. The van der Waals surface area contributed by atoms with E-state index in [2.05, 4.69) is 20.8 Å². The number of amides is 2. The van der Waals surface area contributed by atoms with Crippen molar-refractivity contribution >= 4 is 22.7 Å². The van der Waals surface area contributed by atoms with Crippen molar-refractivity contribution in [2.45, 2.75) is 19.7 Å². The predicted molar refractivity (Wildman–Crippen MR) is 115 cm³/mol. The normalized spacial score (nSPS) is 12.9. The minimum atomic E-state index is -0.278. The summed E-state index contributed by atoms with van der Waals surface area (Å²) in [5.74, 6) is -0.537. The van der Waals surface area contributed by atoms with E-state index in [4.69, 9.17) is 4.74 Å². The van der Waals surface area contributed by atoms with Gasteiger partial charge in [0.05, 0.1) is 23.4 Å². The van der Waals surface area contributed by atoms with Gasteiger partial charge in [-0.25, -0.2) is 0 Å². The van der Waals surface area contributed by atoms with E-state index in [1.54, 1.807) is 24.1 Å². The molecule has 0 atom stereocenters. The Labute approximate surface area is 179 Å². The van der Waals surface area contributed by atoms with Gasteiger partial charge in [-0.15, -0.1) is 0 Å². The number of carbonyl (C=O) groups is 2. The van der Waals surface area contributed by atoms with Gasteiger partial charge in [-0.05, 0) is 36.4 Å². The molecule has 9 nitrogen and oxygen atoms in total. The summed E-state index contributed by atoms with van der Waals surface area (Å²) in [6.07, 6.45) is 0. The second-order valence-corrected chi connectivity index (χ2v) is 7.53. The number of aromatic nitrogens is 2. The van der Waals surface area contributed by atoms with Gasteiger partial charge in [0.15, 0.2) is 0 Å². The number of H-pyrrole nitrogens is 1. The van der Waals surface area contributed by atoms with Crippen molar-refractivity contribution in [1.82, 2.24) is 25.7 Å². The third-order valence-corrected chi connectivity index (χ3v) is 5.41. The second-order valence-electron chi connectivity index (χ2n) is 7.53. The number of ether oxygens (including phenoxy) is 1. The van der Waals surface area contributed by atoms with Crippen LogP contribution in [0, 0.1) is 0 Å². The van der Waals surface area contributed by atoms with Crippen LogP contribution in [0.4, 0.5) is 0 Å². The Morgan fingerprint density at radius 2 is 2.00 bits per heavy atom. The molecule has 3 aromatic rings. The lowest BCUT2D eigenvalue weighted by atomic mass is 10.1. The topological polar surface area (TPSA) is 120 Å². The largest absolute Gasteiger partial charge is 0.507 e. The average Bonchev–Trinajstić information content (AvgIpc) is 3.36. The Kier molecular flexibility index (Phi) is 5.88. The lowest BCUT2D eigenvalue weighted by molar-refractivity contribution is 0.0748. The standard InChI is InChI=1S/C22H25N5O4/c1-23-5-6-24-21(29)13-3-4-14-10-27(11-15(14)7-13)22(30)17-8-16-18(9-20(17)28)25-26-19(16)12-31-2/h3-4,7-9,23,28H,5-6,10-12H2,1-2H3,(H,24,29)(H,25,26). The van der Waals surface area contributed by atoms with Crippen LogP contribution in [-0.4, -0.2) is 59.3 Å². The molecule has 4 N–H and O–H groups in total.